The molecule has 0 atom stereocenters. The maximum Gasteiger partial charge on any atom is 0.437 e. The van der Waals surface area contributed by atoms with Crippen molar-refractivity contribution in [1.82, 2.24) is 9.78 Å². The molecule has 1 heterocycles. The van der Waals surface area contributed by atoms with Gasteiger partial charge in [0.05, 0.1) is 11.9 Å². The van der Waals surface area contributed by atoms with Crippen LogP contribution in [0.25, 0.3) is 11.1 Å². The van der Waals surface area contributed by atoms with Gasteiger partial charge in [0.25, 0.3) is 6.43 Å². The van der Waals surface area contributed by atoms with Gasteiger partial charge in [0.15, 0.2) is 12.4 Å². The summed E-state index contributed by atoms with van der Waals surface area (Å²) in [5, 5.41) is 4.02. The molecule has 0 unspecified atom stereocenters. The Bertz CT molecular complexity index is 810. The van der Waals surface area contributed by atoms with Gasteiger partial charge in [-0.25, -0.2) is 18.6 Å². The lowest BCUT2D eigenvalue weighted by molar-refractivity contribution is 0.142. The molecule has 6 nitrogen and oxygen atoms in total. The van der Waals surface area contributed by atoms with Crippen molar-refractivity contribution in [2.24, 2.45) is 10.7 Å². The number of aliphatic imine (C=N–C) groups is 1. The Morgan fingerprint density at radius 2 is 2.17 bits per heavy atom. The first-order chi connectivity index (χ1) is 11.5. The third-order valence-corrected chi connectivity index (χ3v) is 3.13. The summed E-state index contributed by atoms with van der Waals surface area (Å²) in [6, 6.07) is 6.02. The van der Waals surface area contributed by atoms with Crippen LogP contribution in [-0.2, 0) is 4.74 Å². The van der Waals surface area contributed by atoms with E-state index < -0.39 is 18.2 Å². The number of halogens is 3. The van der Waals surface area contributed by atoms with Gasteiger partial charge in [0.2, 0.25) is 0 Å². The van der Waals surface area contributed by atoms with Gasteiger partial charge in [-0.05, 0) is 17.7 Å². The van der Waals surface area contributed by atoms with Crippen molar-refractivity contribution in [3.63, 3.8) is 0 Å². The summed E-state index contributed by atoms with van der Waals surface area (Å²) in [5.41, 5.74) is 4.90. The van der Waals surface area contributed by atoms with E-state index in [1.54, 1.807) is 0 Å². The zero-order chi connectivity index (χ0) is 17.7. The van der Waals surface area contributed by atoms with Crippen LogP contribution in [0.1, 0.15) is 12.1 Å². The molecule has 0 aliphatic rings. The summed E-state index contributed by atoms with van der Waals surface area (Å²) in [4.78, 5) is 15.7. The topological polar surface area (TPSA) is 82.5 Å². The Kier molecular flexibility index (Phi) is 5.50. The lowest BCUT2D eigenvalue weighted by Gasteiger charge is -2.05. The SMILES string of the molecule is C#CCOC(=O)n1nc(C(F)F)c(-c2ccc(Cl)cc2)c1/N=C\N. The zero-order valence-electron chi connectivity index (χ0n) is 12.1. The fourth-order valence-electron chi connectivity index (χ4n) is 1.95. The first-order valence-electron chi connectivity index (χ1n) is 6.51. The first-order valence-corrected chi connectivity index (χ1v) is 6.89. The molecule has 0 saturated heterocycles. The van der Waals surface area contributed by atoms with Crippen LogP contribution in [0, 0.1) is 12.3 Å². The van der Waals surface area contributed by atoms with E-state index in [-0.39, 0.29) is 18.0 Å². The number of aromatic nitrogens is 2. The fourth-order valence-corrected chi connectivity index (χ4v) is 2.08. The van der Waals surface area contributed by atoms with Gasteiger partial charge in [-0.1, -0.05) is 29.7 Å². The molecule has 24 heavy (non-hydrogen) atoms. The summed E-state index contributed by atoms with van der Waals surface area (Å²) >= 11 is 5.80. The van der Waals surface area contributed by atoms with E-state index in [1.165, 1.54) is 24.3 Å². The second-order valence-corrected chi connectivity index (χ2v) is 4.78. The first kappa shape index (κ1) is 17.4. The number of rotatable bonds is 4. The smallest absolute Gasteiger partial charge is 0.435 e. The van der Waals surface area contributed by atoms with Crippen LogP contribution in [0.5, 0.6) is 0 Å². The van der Waals surface area contributed by atoms with Crippen molar-refractivity contribution in [2.45, 2.75) is 6.43 Å². The number of carbonyl (C=O) groups excluding carboxylic acids is 1. The van der Waals surface area contributed by atoms with Crippen LogP contribution < -0.4 is 5.73 Å². The number of hydrogen-bond donors (Lipinski definition) is 1. The maximum absolute atomic E-state index is 13.4. The molecular formula is C15H11ClF2N4O2. The highest BCUT2D eigenvalue weighted by Crippen LogP contribution is 2.38. The third kappa shape index (κ3) is 3.52. The zero-order valence-corrected chi connectivity index (χ0v) is 12.9. The minimum absolute atomic E-state index is 0.0546. The quantitative estimate of drug-likeness (QED) is 0.519. The molecule has 9 heteroatoms. The molecule has 124 valence electrons. The standard InChI is InChI=1S/C15H11ClF2N4O2/c1-2-7-24-15(23)22-14(20-8-19)11(12(21-22)13(17)18)9-3-5-10(16)6-4-9/h1,3-6,8,13H,7H2,(H2,19,20). The molecular weight excluding hydrogens is 342 g/mol. The highest BCUT2D eigenvalue weighted by atomic mass is 35.5. The van der Waals surface area contributed by atoms with Crippen LogP contribution >= 0.6 is 11.6 Å². The van der Waals surface area contributed by atoms with Crippen LogP contribution in [0.4, 0.5) is 19.4 Å². The summed E-state index contributed by atoms with van der Waals surface area (Å²) in [6.45, 7) is -0.342. The van der Waals surface area contributed by atoms with Crippen molar-refractivity contribution in [3.8, 4) is 23.5 Å². The van der Waals surface area contributed by atoms with E-state index in [1.807, 2.05) is 0 Å². The molecule has 0 aliphatic heterocycles. The molecule has 0 spiro atoms. The average Bonchev–Trinajstić information content (AvgIpc) is 2.93. The van der Waals surface area contributed by atoms with Gasteiger partial charge in [0.1, 0.15) is 5.69 Å². The minimum Gasteiger partial charge on any atom is -0.435 e. The molecule has 0 bridgehead atoms. The normalized spacial score (nSPS) is 11.0. The van der Waals surface area contributed by atoms with Crippen LogP contribution in [0.2, 0.25) is 5.02 Å². The van der Waals surface area contributed by atoms with Gasteiger partial charge in [-0.3, -0.25) is 0 Å². The third-order valence-electron chi connectivity index (χ3n) is 2.88. The van der Waals surface area contributed by atoms with Crippen molar-refractivity contribution in [3.05, 3.63) is 35.0 Å². The van der Waals surface area contributed by atoms with Crippen molar-refractivity contribution in [1.29, 1.82) is 0 Å². The van der Waals surface area contributed by atoms with E-state index in [2.05, 4.69) is 16.0 Å². The Morgan fingerprint density at radius 1 is 1.50 bits per heavy atom. The second-order valence-electron chi connectivity index (χ2n) is 4.34. The van der Waals surface area contributed by atoms with Crippen LogP contribution in [0.15, 0.2) is 29.3 Å². The minimum atomic E-state index is -2.95. The van der Waals surface area contributed by atoms with Crippen molar-refractivity contribution in [2.75, 3.05) is 6.61 Å². The number of benzene rings is 1. The largest absolute Gasteiger partial charge is 0.437 e. The van der Waals surface area contributed by atoms with E-state index in [9.17, 15) is 13.6 Å². The Hall–Kier alpha value is -2.92. The Labute approximate surface area is 140 Å². The Morgan fingerprint density at radius 3 is 2.71 bits per heavy atom. The summed E-state index contributed by atoms with van der Waals surface area (Å²) in [7, 11) is 0. The average molecular weight is 353 g/mol. The Balaban J connectivity index is 2.66. The van der Waals surface area contributed by atoms with Crippen molar-refractivity contribution >= 4 is 29.9 Å². The molecule has 0 saturated carbocycles. The number of carbonyl (C=O) groups is 1. The highest BCUT2D eigenvalue weighted by molar-refractivity contribution is 6.30. The lowest BCUT2D eigenvalue weighted by atomic mass is 10.1. The maximum atomic E-state index is 13.4. The van der Waals surface area contributed by atoms with E-state index in [4.69, 9.17) is 28.5 Å². The van der Waals surface area contributed by atoms with Gasteiger partial charge < -0.3 is 10.5 Å². The molecule has 1 aromatic carbocycles. The van der Waals surface area contributed by atoms with Gasteiger partial charge >= 0.3 is 6.09 Å². The number of terminal acetylenes is 1. The van der Waals surface area contributed by atoms with E-state index >= 15 is 0 Å². The molecule has 0 radical (unpaired) electrons. The molecule has 1 aromatic heterocycles. The molecule has 2 rings (SSSR count). The second kappa shape index (κ2) is 7.57. The van der Waals surface area contributed by atoms with Crippen LogP contribution in [-0.4, -0.2) is 28.8 Å². The molecule has 2 aromatic rings. The number of nitrogens with zero attached hydrogens (tertiary/aromatic N) is 3. The molecule has 0 aliphatic carbocycles. The number of hydrogen-bond acceptors (Lipinski definition) is 4. The summed E-state index contributed by atoms with van der Waals surface area (Å²) < 4.78 is 32.0. The summed E-state index contributed by atoms with van der Waals surface area (Å²) in [5.74, 6) is 1.89. The van der Waals surface area contributed by atoms with Gasteiger partial charge in [0, 0.05) is 5.02 Å². The number of ether oxygens (including phenoxy) is 1. The lowest BCUT2D eigenvalue weighted by Crippen LogP contribution is -2.15. The van der Waals surface area contributed by atoms with Crippen LogP contribution in [0.3, 0.4) is 0 Å². The predicted molar refractivity (Wildman–Crippen MR) is 85.5 cm³/mol. The summed E-state index contributed by atoms with van der Waals surface area (Å²) in [6.07, 6.45) is 1.86. The molecule has 0 amide bonds. The van der Waals surface area contributed by atoms with Crippen molar-refractivity contribution < 1.29 is 18.3 Å². The molecule has 0 fully saturated rings. The van der Waals surface area contributed by atoms with Gasteiger partial charge in [-0.2, -0.15) is 5.10 Å². The number of nitrogens with two attached hydrogens (primary N) is 1. The van der Waals surface area contributed by atoms with E-state index in [0.29, 0.717) is 15.3 Å². The van der Waals surface area contributed by atoms with Gasteiger partial charge in [-0.15, -0.1) is 11.1 Å². The monoisotopic (exact) mass is 352 g/mol. The highest BCUT2D eigenvalue weighted by Gasteiger charge is 2.28. The van der Waals surface area contributed by atoms with E-state index in [0.717, 1.165) is 6.34 Å². The predicted octanol–water partition coefficient (Wildman–Crippen LogP) is 3.38. The number of alkyl halides is 2. The molecule has 2 N–H and O–H groups in total. The fraction of sp³-hybridized carbons (Fsp3) is 0.133.